The van der Waals surface area contributed by atoms with Gasteiger partial charge < -0.3 is 5.11 Å². The Labute approximate surface area is 121 Å². The molecule has 114 valence electrons. The Kier molecular flexibility index (Phi) is 15.2. The van der Waals surface area contributed by atoms with Crippen LogP contribution in [0.5, 0.6) is 0 Å². The molecule has 19 heavy (non-hydrogen) atoms. The Morgan fingerprint density at radius 3 is 1.89 bits per heavy atom. The van der Waals surface area contributed by atoms with Crippen LogP contribution in [-0.2, 0) is 0 Å². The van der Waals surface area contributed by atoms with Crippen LogP contribution < -0.4 is 0 Å². The van der Waals surface area contributed by atoms with Crippen LogP contribution in [0.25, 0.3) is 0 Å². The number of aliphatic hydroxyl groups is 1. The fraction of sp³-hybridized carbons (Fsp3) is 0.889. The van der Waals surface area contributed by atoms with Crippen molar-refractivity contribution >= 4 is 0 Å². The molecule has 0 aromatic carbocycles. The third-order valence-corrected chi connectivity index (χ3v) is 3.97. The maximum absolute atomic E-state index is 8.53. The van der Waals surface area contributed by atoms with Crippen molar-refractivity contribution in [2.75, 3.05) is 0 Å². The van der Waals surface area contributed by atoms with Gasteiger partial charge in [-0.1, -0.05) is 90.6 Å². The van der Waals surface area contributed by atoms with E-state index in [0.29, 0.717) is 0 Å². The predicted octanol–water partition coefficient (Wildman–Crippen LogP) is 6.79. The molecule has 0 aliphatic carbocycles. The lowest BCUT2D eigenvalue weighted by Crippen LogP contribution is -1.95. The average Bonchev–Trinajstić information content (AvgIpc) is 2.41. The number of unbranched alkanes of at least 4 members (excludes halogenated alkanes) is 9. The van der Waals surface area contributed by atoms with E-state index in [1.807, 2.05) is 6.08 Å². The minimum Gasteiger partial charge on any atom is -0.516 e. The summed E-state index contributed by atoms with van der Waals surface area (Å²) in [6.07, 6.45) is 20.7. The first-order valence-electron chi connectivity index (χ1n) is 8.60. The van der Waals surface area contributed by atoms with Crippen molar-refractivity contribution in [2.24, 2.45) is 5.92 Å². The minimum atomic E-state index is 0.887. The van der Waals surface area contributed by atoms with E-state index in [-0.39, 0.29) is 0 Å². The van der Waals surface area contributed by atoms with E-state index in [2.05, 4.69) is 13.8 Å². The summed E-state index contributed by atoms with van der Waals surface area (Å²) in [5, 5.41) is 8.53. The molecular weight excluding hydrogens is 232 g/mol. The predicted molar refractivity (Wildman–Crippen MR) is 86.6 cm³/mol. The van der Waals surface area contributed by atoms with Crippen molar-refractivity contribution in [3.05, 3.63) is 12.3 Å². The highest BCUT2D eigenvalue weighted by Crippen LogP contribution is 2.17. The van der Waals surface area contributed by atoms with Gasteiger partial charge in [-0.15, -0.1) is 0 Å². The van der Waals surface area contributed by atoms with Crippen LogP contribution in [0.4, 0.5) is 0 Å². The van der Waals surface area contributed by atoms with Crippen molar-refractivity contribution < 1.29 is 5.11 Å². The van der Waals surface area contributed by atoms with Crippen molar-refractivity contribution in [1.29, 1.82) is 0 Å². The van der Waals surface area contributed by atoms with Crippen molar-refractivity contribution in [2.45, 2.75) is 97.3 Å². The Balaban J connectivity index is 3.13. The molecule has 0 heterocycles. The minimum absolute atomic E-state index is 0.887. The van der Waals surface area contributed by atoms with E-state index in [1.165, 1.54) is 83.3 Å². The van der Waals surface area contributed by atoms with Crippen LogP contribution in [-0.4, -0.2) is 5.11 Å². The average molecular weight is 268 g/mol. The van der Waals surface area contributed by atoms with Gasteiger partial charge in [0.25, 0.3) is 0 Å². The molecule has 1 unspecified atom stereocenters. The van der Waals surface area contributed by atoms with Gasteiger partial charge in [-0.2, -0.15) is 0 Å². The van der Waals surface area contributed by atoms with E-state index in [4.69, 9.17) is 5.11 Å². The lowest BCUT2D eigenvalue weighted by molar-refractivity contribution is 0.436. The van der Waals surface area contributed by atoms with E-state index in [1.54, 1.807) is 0 Å². The van der Waals surface area contributed by atoms with Gasteiger partial charge in [-0.25, -0.2) is 0 Å². The van der Waals surface area contributed by atoms with Gasteiger partial charge in [0.15, 0.2) is 0 Å². The van der Waals surface area contributed by atoms with E-state index >= 15 is 0 Å². The second-order valence-corrected chi connectivity index (χ2v) is 6.04. The third kappa shape index (κ3) is 15.5. The number of aliphatic hydroxyl groups excluding tert-OH is 1. The van der Waals surface area contributed by atoms with Gasteiger partial charge in [-0.05, 0) is 18.8 Å². The summed E-state index contributed by atoms with van der Waals surface area (Å²) in [5.41, 5.74) is 0. The molecule has 0 fully saturated rings. The molecule has 1 nitrogen and oxygen atoms in total. The van der Waals surface area contributed by atoms with Gasteiger partial charge >= 0.3 is 0 Å². The Morgan fingerprint density at radius 2 is 1.32 bits per heavy atom. The summed E-state index contributed by atoms with van der Waals surface area (Å²) < 4.78 is 0. The van der Waals surface area contributed by atoms with Gasteiger partial charge in [0.05, 0.1) is 6.26 Å². The van der Waals surface area contributed by atoms with Gasteiger partial charge in [0.1, 0.15) is 0 Å². The van der Waals surface area contributed by atoms with Crippen LogP contribution >= 0.6 is 0 Å². The first-order valence-corrected chi connectivity index (χ1v) is 8.60. The van der Waals surface area contributed by atoms with E-state index in [0.717, 1.165) is 12.3 Å². The molecule has 1 heteroatoms. The molecule has 0 spiro atoms. The molecule has 0 aromatic heterocycles. The summed E-state index contributed by atoms with van der Waals surface area (Å²) >= 11 is 0. The topological polar surface area (TPSA) is 20.2 Å². The zero-order valence-corrected chi connectivity index (χ0v) is 13.4. The molecule has 0 aromatic rings. The fourth-order valence-corrected chi connectivity index (χ4v) is 2.60. The second kappa shape index (κ2) is 15.6. The third-order valence-electron chi connectivity index (χ3n) is 3.97. The zero-order valence-electron chi connectivity index (χ0n) is 13.4. The van der Waals surface area contributed by atoms with Gasteiger partial charge in [0.2, 0.25) is 0 Å². The standard InChI is InChI=1S/C18H36O/c1-3-4-5-6-7-8-9-12-15-18(2)16-13-10-11-14-17-19/h14,17-19H,3-13,15-16H2,1-2H3. The number of rotatable bonds is 14. The van der Waals surface area contributed by atoms with Crippen LogP contribution in [0.3, 0.4) is 0 Å². The van der Waals surface area contributed by atoms with Crippen molar-refractivity contribution in [1.82, 2.24) is 0 Å². The molecule has 0 aliphatic heterocycles. The molecule has 0 saturated carbocycles. The van der Waals surface area contributed by atoms with E-state index < -0.39 is 0 Å². The van der Waals surface area contributed by atoms with Gasteiger partial charge in [-0.3, -0.25) is 0 Å². The molecule has 0 radical (unpaired) electrons. The van der Waals surface area contributed by atoms with E-state index in [9.17, 15) is 0 Å². The Morgan fingerprint density at radius 1 is 0.789 bits per heavy atom. The van der Waals surface area contributed by atoms with Crippen LogP contribution in [0.2, 0.25) is 0 Å². The maximum atomic E-state index is 8.53. The van der Waals surface area contributed by atoms with Crippen molar-refractivity contribution in [3.8, 4) is 0 Å². The monoisotopic (exact) mass is 268 g/mol. The summed E-state index contributed by atoms with van der Waals surface area (Å²) in [5.74, 6) is 0.887. The summed E-state index contributed by atoms with van der Waals surface area (Å²) in [4.78, 5) is 0. The Bertz CT molecular complexity index is 186. The lowest BCUT2D eigenvalue weighted by Gasteiger charge is -2.10. The van der Waals surface area contributed by atoms with Crippen LogP contribution in [0, 0.1) is 5.92 Å². The lowest BCUT2D eigenvalue weighted by atomic mass is 9.96. The molecule has 0 aliphatic rings. The summed E-state index contributed by atoms with van der Waals surface area (Å²) in [6, 6.07) is 0. The fourth-order valence-electron chi connectivity index (χ4n) is 2.60. The molecule has 1 N–H and O–H groups in total. The highest BCUT2D eigenvalue weighted by atomic mass is 16.2. The molecular formula is C18H36O. The zero-order chi connectivity index (χ0) is 14.2. The SMILES string of the molecule is CCCCCCCCCCC(C)CCCCC=CO. The normalized spacial score (nSPS) is 13.2. The van der Waals surface area contributed by atoms with Crippen LogP contribution in [0.1, 0.15) is 97.3 Å². The maximum Gasteiger partial charge on any atom is 0.0751 e. The highest BCUT2D eigenvalue weighted by Gasteiger charge is 2.01. The number of hydrogen-bond acceptors (Lipinski definition) is 1. The van der Waals surface area contributed by atoms with Crippen molar-refractivity contribution in [3.63, 3.8) is 0 Å². The second-order valence-electron chi connectivity index (χ2n) is 6.04. The summed E-state index contributed by atoms with van der Waals surface area (Å²) in [6.45, 7) is 4.67. The summed E-state index contributed by atoms with van der Waals surface area (Å²) in [7, 11) is 0. The smallest absolute Gasteiger partial charge is 0.0751 e. The van der Waals surface area contributed by atoms with Crippen LogP contribution in [0.15, 0.2) is 12.3 Å². The Hall–Kier alpha value is -0.460. The quantitative estimate of drug-likeness (QED) is 0.272. The largest absolute Gasteiger partial charge is 0.516 e. The molecule has 1 atom stereocenters. The molecule has 0 amide bonds. The highest BCUT2D eigenvalue weighted by molar-refractivity contribution is 4.71. The molecule has 0 rings (SSSR count). The first kappa shape index (κ1) is 18.5. The first-order chi connectivity index (χ1) is 9.31. The number of hydrogen-bond donors (Lipinski definition) is 1. The number of allylic oxidation sites excluding steroid dienone is 1. The molecule has 0 bridgehead atoms. The molecule has 0 saturated heterocycles. The van der Waals surface area contributed by atoms with Gasteiger partial charge in [0, 0.05) is 0 Å².